The molecule has 2 amide bonds. The monoisotopic (exact) mass is 418 g/mol. The molecule has 2 fully saturated rings. The van der Waals surface area contributed by atoms with Crippen molar-refractivity contribution < 1.29 is 9.59 Å². The zero-order valence-corrected chi connectivity index (χ0v) is 17.9. The SMILES string of the molecule is O=C(CN1CCN(Cc2ccccc2)CC1)N1c2ccccc2NC(=O)C12CCCC2. The fourth-order valence-electron chi connectivity index (χ4n) is 5.34. The fraction of sp³-hybridized carbons (Fsp3) is 0.440. The van der Waals surface area contributed by atoms with Gasteiger partial charge in [-0.2, -0.15) is 0 Å². The average Bonchev–Trinajstić information content (AvgIpc) is 3.27. The molecule has 31 heavy (non-hydrogen) atoms. The maximum absolute atomic E-state index is 13.6. The number of anilines is 2. The number of nitrogens with zero attached hydrogens (tertiary/aromatic N) is 3. The molecule has 3 aliphatic rings. The molecule has 2 aromatic rings. The average molecular weight is 419 g/mol. The predicted octanol–water partition coefficient (Wildman–Crippen LogP) is 3.10. The van der Waals surface area contributed by atoms with E-state index >= 15 is 0 Å². The summed E-state index contributed by atoms with van der Waals surface area (Å²) in [6.07, 6.45) is 3.45. The van der Waals surface area contributed by atoms with Crippen LogP contribution in [0.25, 0.3) is 0 Å². The number of hydrogen-bond donors (Lipinski definition) is 1. The maximum atomic E-state index is 13.6. The summed E-state index contributed by atoms with van der Waals surface area (Å²) >= 11 is 0. The van der Waals surface area contributed by atoms with Crippen molar-refractivity contribution in [2.24, 2.45) is 0 Å². The Bertz CT molecular complexity index is 947. The molecule has 6 heteroatoms. The van der Waals surface area contributed by atoms with Crippen molar-refractivity contribution in [3.8, 4) is 0 Å². The second-order valence-electron chi connectivity index (χ2n) is 8.98. The van der Waals surface area contributed by atoms with Crippen LogP contribution in [0.5, 0.6) is 0 Å². The minimum absolute atomic E-state index is 0.0234. The lowest BCUT2D eigenvalue weighted by molar-refractivity contribution is -0.128. The van der Waals surface area contributed by atoms with E-state index in [1.54, 1.807) is 0 Å². The zero-order chi connectivity index (χ0) is 21.3. The molecule has 1 spiro atoms. The number of amides is 2. The summed E-state index contributed by atoms with van der Waals surface area (Å²) in [5, 5.41) is 3.06. The zero-order valence-electron chi connectivity index (χ0n) is 17.9. The Labute approximate surface area is 183 Å². The molecule has 0 atom stereocenters. The van der Waals surface area contributed by atoms with Crippen LogP contribution in [0, 0.1) is 0 Å². The first-order valence-electron chi connectivity index (χ1n) is 11.4. The molecule has 2 aliphatic heterocycles. The molecule has 1 aliphatic carbocycles. The van der Waals surface area contributed by atoms with E-state index in [-0.39, 0.29) is 11.8 Å². The van der Waals surface area contributed by atoms with Crippen molar-refractivity contribution >= 4 is 23.2 Å². The van der Waals surface area contributed by atoms with E-state index in [4.69, 9.17) is 0 Å². The number of nitrogens with one attached hydrogen (secondary N) is 1. The smallest absolute Gasteiger partial charge is 0.250 e. The standard InChI is InChI=1S/C25H30N4O2/c30-23(19-28-16-14-27(15-17-28)18-20-8-2-1-3-9-20)29-22-11-5-4-10-21(22)26-24(31)25(29)12-6-7-13-25/h1-5,8-11H,6-7,12-19H2,(H,26,31). The Morgan fingerprint density at radius 3 is 2.26 bits per heavy atom. The van der Waals surface area contributed by atoms with E-state index < -0.39 is 5.54 Å². The Morgan fingerprint density at radius 1 is 0.871 bits per heavy atom. The molecule has 1 saturated heterocycles. The number of carbonyl (C=O) groups excluding carboxylic acids is 2. The number of rotatable bonds is 4. The maximum Gasteiger partial charge on any atom is 0.250 e. The third-order valence-electron chi connectivity index (χ3n) is 7.00. The minimum Gasteiger partial charge on any atom is -0.322 e. The molecule has 0 aromatic heterocycles. The van der Waals surface area contributed by atoms with Gasteiger partial charge in [-0.25, -0.2) is 0 Å². The van der Waals surface area contributed by atoms with Gasteiger partial charge in [0.1, 0.15) is 5.54 Å². The molecule has 0 radical (unpaired) electrons. The van der Waals surface area contributed by atoms with Crippen LogP contribution in [-0.4, -0.2) is 59.9 Å². The van der Waals surface area contributed by atoms with Crippen molar-refractivity contribution in [3.05, 3.63) is 60.2 Å². The number of fused-ring (bicyclic) bond motifs is 1. The van der Waals surface area contributed by atoms with Gasteiger partial charge in [0.2, 0.25) is 5.91 Å². The highest BCUT2D eigenvalue weighted by Crippen LogP contribution is 2.45. The largest absolute Gasteiger partial charge is 0.322 e. The third-order valence-corrected chi connectivity index (χ3v) is 7.00. The van der Waals surface area contributed by atoms with Crippen molar-refractivity contribution in [3.63, 3.8) is 0 Å². The molecule has 6 nitrogen and oxygen atoms in total. The summed E-state index contributed by atoms with van der Waals surface area (Å²) in [7, 11) is 0. The molecule has 5 rings (SSSR count). The Kier molecular flexibility index (Phi) is 5.50. The summed E-state index contributed by atoms with van der Waals surface area (Å²) in [4.78, 5) is 33.2. The quantitative estimate of drug-likeness (QED) is 0.829. The van der Waals surface area contributed by atoms with Crippen LogP contribution in [0.4, 0.5) is 11.4 Å². The Hall–Kier alpha value is -2.70. The summed E-state index contributed by atoms with van der Waals surface area (Å²) < 4.78 is 0. The fourth-order valence-corrected chi connectivity index (χ4v) is 5.34. The van der Waals surface area contributed by atoms with Crippen molar-refractivity contribution in [2.75, 3.05) is 42.9 Å². The van der Waals surface area contributed by atoms with E-state index in [1.807, 2.05) is 35.2 Å². The summed E-state index contributed by atoms with van der Waals surface area (Å²) in [5.41, 5.74) is 2.19. The Morgan fingerprint density at radius 2 is 1.52 bits per heavy atom. The lowest BCUT2D eigenvalue weighted by Gasteiger charge is -2.45. The molecular formula is C25H30N4O2. The van der Waals surface area contributed by atoms with E-state index in [0.717, 1.165) is 69.8 Å². The first-order valence-corrected chi connectivity index (χ1v) is 11.4. The Balaban J connectivity index is 1.28. The predicted molar refractivity (Wildman–Crippen MR) is 122 cm³/mol. The van der Waals surface area contributed by atoms with Gasteiger partial charge in [-0.05, 0) is 30.5 Å². The second-order valence-corrected chi connectivity index (χ2v) is 8.98. The van der Waals surface area contributed by atoms with Gasteiger partial charge in [0, 0.05) is 32.7 Å². The van der Waals surface area contributed by atoms with Gasteiger partial charge in [0.05, 0.1) is 17.9 Å². The normalized spacial score (nSPS) is 21.2. The molecular weight excluding hydrogens is 388 g/mol. The van der Waals surface area contributed by atoms with E-state index in [1.165, 1.54) is 5.56 Å². The van der Waals surface area contributed by atoms with Crippen molar-refractivity contribution in [2.45, 2.75) is 37.8 Å². The number of hydrogen-bond acceptors (Lipinski definition) is 4. The van der Waals surface area contributed by atoms with Gasteiger partial charge in [0.25, 0.3) is 5.91 Å². The van der Waals surface area contributed by atoms with Gasteiger partial charge in [-0.1, -0.05) is 55.3 Å². The topological polar surface area (TPSA) is 55.9 Å². The molecule has 2 heterocycles. The molecule has 0 bridgehead atoms. The van der Waals surface area contributed by atoms with Crippen LogP contribution in [0.15, 0.2) is 54.6 Å². The van der Waals surface area contributed by atoms with Crippen LogP contribution >= 0.6 is 0 Å². The molecule has 2 aromatic carbocycles. The van der Waals surface area contributed by atoms with Gasteiger partial charge >= 0.3 is 0 Å². The number of carbonyl (C=O) groups is 2. The van der Waals surface area contributed by atoms with E-state index in [2.05, 4.69) is 39.4 Å². The van der Waals surface area contributed by atoms with Crippen molar-refractivity contribution in [1.82, 2.24) is 9.80 Å². The van der Waals surface area contributed by atoms with Gasteiger partial charge in [-0.3, -0.25) is 24.3 Å². The number of para-hydroxylation sites is 2. The lowest BCUT2D eigenvalue weighted by atomic mass is 9.89. The van der Waals surface area contributed by atoms with Crippen LogP contribution in [-0.2, 0) is 16.1 Å². The third kappa shape index (κ3) is 3.86. The highest BCUT2D eigenvalue weighted by Gasteiger charge is 2.52. The highest BCUT2D eigenvalue weighted by molar-refractivity contribution is 6.15. The molecule has 0 unspecified atom stereocenters. The first-order chi connectivity index (χ1) is 15.2. The highest BCUT2D eigenvalue weighted by atomic mass is 16.2. The van der Waals surface area contributed by atoms with E-state index in [0.29, 0.717) is 6.54 Å². The number of piperazine rings is 1. The molecule has 1 saturated carbocycles. The summed E-state index contributed by atoms with van der Waals surface area (Å²) in [5.74, 6) is 0.0189. The first kappa shape index (κ1) is 20.2. The molecule has 1 N–H and O–H groups in total. The molecule has 162 valence electrons. The van der Waals surface area contributed by atoms with Crippen LogP contribution in [0.3, 0.4) is 0 Å². The van der Waals surface area contributed by atoms with E-state index in [9.17, 15) is 9.59 Å². The minimum atomic E-state index is -0.722. The van der Waals surface area contributed by atoms with Crippen LogP contribution < -0.4 is 10.2 Å². The van der Waals surface area contributed by atoms with Gasteiger partial charge in [0.15, 0.2) is 0 Å². The van der Waals surface area contributed by atoms with Crippen molar-refractivity contribution in [1.29, 1.82) is 0 Å². The lowest BCUT2D eigenvalue weighted by Crippen LogP contribution is -2.62. The van der Waals surface area contributed by atoms with Crippen LogP contribution in [0.2, 0.25) is 0 Å². The van der Waals surface area contributed by atoms with Crippen LogP contribution in [0.1, 0.15) is 31.2 Å². The second kappa shape index (κ2) is 8.44. The van der Waals surface area contributed by atoms with Gasteiger partial charge < -0.3 is 5.32 Å². The summed E-state index contributed by atoms with van der Waals surface area (Å²) in [6, 6.07) is 18.2. The summed E-state index contributed by atoms with van der Waals surface area (Å²) in [6.45, 7) is 4.95. The van der Waals surface area contributed by atoms with Gasteiger partial charge in [-0.15, -0.1) is 0 Å². The number of benzene rings is 2.